The van der Waals surface area contributed by atoms with Crippen LogP contribution in [0.2, 0.25) is 5.15 Å². The van der Waals surface area contributed by atoms with Crippen LogP contribution in [0.25, 0.3) is 0 Å². The minimum atomic E-state index is 0.234. The van der Waals surface area contributed by atoms with Crippen molar-refractivity contribution >= 4 is 28.8 Å². The number of pyridine rings is 1. The molecule has 0 unspecified atom stereocenters. The molecule has 2 rings (SSSR count). The second kappa shape index (κ2) is 4.32. The number of hydrogen-bond donors (Lipinski definition) is 2. The third-order valence-electron chi connectivity index (χ3n) is 1.97. The Bertz CT molecular complexity index is 514. The van der Waals surface area contributed by atoms with Gasteiger partial charge in [0.05, 0.1) is 11.9 Å². The lowest BCUT2D eigenvalue weighted by Gasteiger charge is -2.08. The normalized spacial score (nSPS) is 10.1. The maximum Gasteiger partial charge on any atom is 0.158 e. The summed E-state index contributed by atoms with van der Waals surface area (Å²) in [7, 11) is 0. The molecular weight excluding hydrogens is 226 g/mol. The van der Waals surface area contributed by atoms with Crippen LogP contribution in [0.5, 0.6) is 0 Å². The summed E-state index contributed by atoms with van der Waals surface area (Å²) in [6.45, 7) is 1.95. The Labute approximate surface area is 97.7 Å². The lowest BCUT2D eigenvalue weighted by Crippen LogP contribution is -2.01. The van der Waals surface area contributed by atoms with E-state index in [1.807, 2.05) is 13.0 Å². The monoisotopic (exact) mass is 235 g/mol. The third kappa shape index (κ3) is 2.20. The molecule has 2 aromatic heterocycles. The van der Waals surface area contributed by atoms with Gasteiger partial charge < -0.3 is 11.1 Å². The van der Waals surface area contributed by atoms with Crippen molar-refractivity contribution in [1.82, 2.24) is 15.0 Å². The number of aromatic nitrogens is 3. The van der Waals surface area contributed by atoms with E-state index in [4.69, 9.17) is 17.3 Å². The lowest BCUT2D eigenvalue weighted by atomic mass is 10.3. The highest BCUT2D eigenvalue weighted by Gasteiger charge is 2.05. The fourth-order valence-corrected chi connectivity index (χ4v) is 1.37. The van der Waals surface area contributed by atoms with Crippen molar-refractivity contribution in [3.63, 3.8) is 0 Å². The summed E-state index contributed by atoms with van der Waals surface area (Å²) >= 11 is 5.78. The van der Waals surface area contributed by atoms with Crippen molar-refractivity contribution in [2.75, 3.05) is 11.1 Å². The molecule has 2 aromatic rings. The number of anilines is 3. The first-order chi connectivity index (χ1) is 7.66. The van der Waals surface area contributed by atoms with E-state index in [-0.39, 0.29) is 5.15 Å². The van der Waals surface area contributed by atoms with Gasteiger partial charge in [0.2, 0.25) is 0 Å². The third-order valence-corrected chi connectivity index (χ3v) is 2.27. The van der Waals surface area contributed by atoms with E-state index < -0.39 is 0 Å². The molecule has 0 saturated carbocycles. The Kier molecular flexibility index (Phi) is 2.87. The number of rotatable bonds is 2. The topological polar surface area (TPSA) is 76.7 Å². The average molecular weight is 236 g/mol. The number of nitrogens with one attached hydrogen (secondary N) is 1. The molecular formula is C10H10ClN5. The van der Waals surface area contributed by atoms with Crippen molar-refractivity contribution < 1.29 is 0 Å². The number of halogens is 1. The predicted octanol–water partition coefficient (Wildman–Crippen LogP) is 2.16. The van der Waals surface area contributed by atoms with Crippen molar-refractivity contribution in [2.24, 2.45) is 0 Å². The Morgan fingerprint density at radius 2 is 2.12 bits per heavy atom. The maximum absolute atomic E-state index is 5.78. The molecule has 0 atom stereocenters. The molecule has 6 heteroatoms. The van der Waals surface area contributed by atoms with E-state index in [2.05, 4.69) is 20.3 Å². The van der Waals surface area contributed by atoms with Crippen molar-refractivity contribution in [3.8, 4) is 0 Å². The van der Waals surface area contributed by atoms with E-state index >= 15 is 0 Å². The Balaban J connectivity index is 2.31. The summed E-state index contributed by atoms with van der Waals surface area (Å²) in [6, 6.07) is 1.93. The fraction of sp³-hybridized carbons (Fsp3) is 0.100. The van der Waals surface area contributed by atoms with Crippen LogP contribution in [0.4, 0.5) is 17.2 Å². The molecule has 0 saturated heterocycles. The van der Waals surface area contributed by atoms with Gasteiger partial charge >= 0.3 is 0 Å². The molecule has 0 radical (unpaired) electrons. The average Bonchev–Trinajstić information content (AvgIpc) is 2.25. The molecule has 3 N–H and O–H groups in total. The van der Waals surface area contributed by atoms with E-state index in [9.17, 15) is 0 Å². The summed E-state index contributed by atoms with van der Waals surface area (Å²) in [4.78, 5) is 11.8. The number of aryl methyl sites for hydroxylation is 1. The highest BCUT2D eigenvalue weighted by molar-refractivity contribution is 6.32. The Hall–Kier alpha value is -1.88. The molecule has 0 bridgehead atoms. The first-order valence-electron chi connectivity index (χ1n) is 4.61. The van der Waals surface area contributed by atoms with Crippen LogP contribution >= 0.6 is 11.6 Å². The SMILES string of the molecule is Cc1cncc(Nc2ncnc(Cl)c2N)c1. The first kappa shape index (κ1) is 10.6. The molecule has 0 amide bonds. The molecule has 0 aliphatic carbocycles. The fourth-order valence-electron chi connectivity index (χ4n) is 1.23. The number of nitrogens with zero attached hydrogens (tertiary/aromatic N) is 3. The zero-order chi connectivity index (χ0) is 11.5. The van der Waals surface area contributed by atoms with Crippen LogP contribution in [-0.4, -0.2) is 15.0 Å². The minimum Gasteiger partial charge on any atom is -0.393 e. The largest absolute Gasteiger partial charge is 0.393 e. The van der Waals surface area contributed by atoms with Gasteiger partial charge in [-0.25, -0.2) is 9.97 Å². The van der Waals surface area contributed by atoms with Crippen LogP contribution in [0.3, 0.4) is 0 Å². The molecule has 5 nitrogen and oxygen atoms in total. The summed E-state index contributed by atoms with van der Waals surface area (Å²) in [5, 5.41) is 3.27. The summed E-state index contributed by atoms with van der Waals surface area (Å²) < 4.78 is 0. The summed E-state index contributed by atoms with van der Waals surface area (Å²) in [6.07, 6.45) is 4.80. The highest BCUT2D eigenvalue weighted by atomic mass is 35.5. The van der Waals surface area contributed by atoms with Gasteiger partial charge in [-0.05, 0) is 18.6 Å². The molecule has 0 aliphatic rings. The summed E-state index contributed by atoms with van der Waals surface area (Å²) in [5.41, 5.74) is 7.91. The molecule has 0 spiro atoms. The van der Waals surface area contributed by atoms with Crippen molar-refractivity contribution in [3.05, 3.63) is 35.5 Å². The molecule has 82 valence electrons. The summed E-state index contributed by atoms with van der Waals surface area (Å²) in [5.74, 6) is 0.479. The molecule has 2 heterocycles. The number of hydrogen-bond acceptors (Lipinski definition) is 5. The number of nitrogens with two attached hydrogens (primary N) is 1. The van der Waals surface area contributed by atoms with Gasteiger partial charge in [0.25, 0.3) is 0 Å². The molecule has 16 heavy (non-hydrogen) atoms. The van der Waals surface area contributed by atoms with Gasteiger partial charge in [-0.2, -0.15) is 0 Å². The van der Waals surface area contributed by atoms with Gasteiger partial charge in [0.1, 0.15) is 12.0 Å². The van der Waals surface area contributed by atoms with E-state index in [0.29, 0.717) is 11.5 Å². The highest BCUT2D eigenvalue weighted by Crippen LogP contribution is 2.25. The van der Waals surface area contributed by atoms with Crippen molar-refractivity contribution in [1.29, 1.82) is 0 Å². The number of nitrogen functional groups attached to an aromatic ring is 1. The van der Waals surface area contributed by atoms with Gasteiger partial charge in [-0.3, -0.25) is 4.98 Å². The van der Waals surface area contributed by atoms with Crippen LogP contribution in [0, 0.1) is 6.92 Å². The van der Waals surface area contributed by atoms with E-state index in [1.165, 1.54) is 6.33 Å². The zero-order valence-electron chi connectivity index (χ0n) is 8.61. The molecule has 0 fully saturated rings. The van der Waals surface area contributed by atoms with Crippen LogP contribution in [0.15, 0.2) is 24.8 Å². The lowest BCUT2D eigenvalue weighted by molar-refractivity contribution is 1.17. The van der Waals surface area contributed by atoms with Gasteiger partial charge in [0.15, 0.2) is 11.0 Å². The van der Waals surface area contributed by atoms with Crippen LogP contribution in [0.1, 0.15) is 5.56 Å². The quantitative estimate of drug-likeness (QED) is 0.780. The Morgan fingerprint density at radius 1 is 1.31 bits per heavy atom. The van der Waals surface area contributed by atoms with Crippen molar-refractivity contribution in [2.45, 2.75) is 6.92 Å². The van der Waals surface area contributed by atoms with E-state index in [0.717, 1.165) is 11.3 Å². The van der Waals surface area contributed by atoms with E-state index in [1.54, 1.807) is 12.4 Å². The van der Waals surface area contributed by atoms with Crippen LogP contribution in [-0.2, 0) is 0 Å². The maximum atomic E-state index is 5.78. The minimum absolute atomic E-state index is 0.234. The van der Waals surface area contributed by atoms with Gasteiger partial charge in [-0.1, -0.05) is 11.6 Å². The smallest absolute Gasteiger partial charge is 0.158 e. The first-order valence-corrected chi connectivity index (χ1v) is 4.99. The molecule has 0 aliphatic heterocycles. The van der Waals surface area contributed by atoms with Gasteiger partial charge in [-0.15, -0.1) is 0 Å². The predicted molar refractivity (Wildman–Crippen MR) is 63.7 cm³/mol. The second-order valence-corrected chi connectivity index (χ2v) is 3.66. The van der Waals surface area contributed by atoms with Gasteiger partial charge in [0, 0.05) is 6.20 Å². The Morgan fingerprint density at radius 3 is 2.88 bits per heavy atom. The van der Waals surface area contributed by atoms with Crippen LogP contribution < -0.4 is 11.1 Å². The molecule has 0 aromatic carbocycles. The standard InChI is InChI=1S/C10H10ClN5/c1-6-2-7(4-13-3-6)16-10-8(12)9(11)14-5-15-10/h2-5H,12H2,1H3,(H,14,15,16). The zero-order valence-corrected chi connectivity index (χ0v) is 9.36. The second-order valence-electron chi connectivity index (χ2n) is 3.30.